The van der Waals surface area contributed by atoms with E-state index in [0.717, 1.165) is 0 Å². The zero-order valence-corrected chi connectivity index (χ0v) is 11.5. The van der Waals surface area contributed by atoms with Crippen molar-refractivity contribution >= 4 is 11.9 Å². The average molecular weight is 294 g/mol. The fraction of sp³-hybridized carbons (Fsp3) is 0.417. The summed E-state index contributed by atoms with van der Waals surface area (Å²) in [4.78, 5) is 21.1. The Hall–Kier alpha value is -2.71. The lowest BCUT2D eigenvalue weighted by atomic mass is 10.1. The second kappa shape index (κ2) is 5.73. The van der Waals surface area contributed by atoms with Crippen LogP contribution in [0.4, 0.5) is 5.88 Å². The van der Waals surface area contributed by atoms with E-state index in [4.69, 9.17) is 9.52 Å². The molecule has 0 spiro atoms. The number of carboxylic acids is 1. The zero-order valence-electron chi connectivity index (χ0n) is 11.5. The second-order valence-electron chi connectivity index (χ2n) is 4.94. The first-order valence-corrected chi connectivity index (χ1v) is 6.27. The van der Waals surface area contributed by atoms with Gasteiger partial charge in [0.1, 0.15) is 17.2 Å². The first-order chi connectivity index (χ1) is 9.88. The molecular weight excluding hydrogens is 280 g/mol. The Morgan fingerprint density at radius 1 is 1.52 bits per heavy atom. The standard InChI is InChI=1S/C12H14N4O5/c1-7(2)5-9-11(12(17)18)13-14-15(9)6-8-3-4-10(21-8)16(19)20/h3-4,7H,5-6H2,1-2H3,(H,17,18). The Labute approximate surface area is 119 Å². The van der Waals surface area contributed by atoms with Crippen LogP contribution in [0.3, 0.4) is 0 Å². The zero-order chi connectivity index (χ0) is 15.6. The van der Waals surface area contributed by atoms with Crippen LogP contribution in [0.2, 0.25) is 0 Å². The highest BCUT2D eigenvalue weighted by Crippen LogP contribution is 2.18. The molecule has 21 heavy (non-hydrogen) atoms. The van der Waals surface area contributed by atoms with Gasteiger partial charge in [-0.3, -0.25) is 10.1 Å². The predicted octanol–water partition coefficient (Wildman–Crippen LogP) is 1.72. The van der Waals surface area contributed by atoms with Crippen molar-refractivity contribution in [2.75, 3.05) is 0 Å². The minimum atomic E-state index is -1.15. The maximum absolute atomic E-state index is 11.1. The first kappa shape index (κ1) is 14.7. The highest BCUT2D eigenvalue weighted by Gasteiger charge is 2.21. The van der Waals surface area contributed by atoms with E-state index in [1.165, 1.54) is 16.8 Å². The minimum Gasteiger partial charge on any atom is -0.476 e. The Morgan fingerprint density at radius 2 is 2.24 bits per heavy atom. The molecule has 0 aliphatic carbocycles. The number of hydrogen-bond acceptors (Lipinski definition) is 6. The van der Waals surface area contributed by atoms with Crippen molar-refractivity contribution in [3.8, 4) is 0 Å². The molecule has 112 valence electrons. The van der Waals surface area contributed by atoms with E-state index < -0.39 is 10.9 Å². The SMILES string of the molecule is CC(C)Cc1c(C(=O)O)nnn1Cc1ccc([N+](=O)[O-])o1. The lowest BCUT2D eigenvalue weighted by Crippen LogP contribution is -2.11. The third kappa shape index (κ3) is 3.25. The van der Waals surface area contributed by atoms with Crippen molar-refractivity contribution in [1.82, 2.24) is 15.0 Å². The van der Waals surface area contributed by atoms with Crippen molar-refractivity contribution in [1.29, 1.82) is 0 Å². The van der Waals surface area contributed by atoms with Gasteiger partial charge in [0.05, 0.1) is 11.8 Å². The van der Waals surface area contributed by atoms with Crippen molar-refractivity contribution in [3.05, 3.63) is 39.4 Å². The van der Waals surface area contributed by atoms with Crippen LogP contribution >= 0.6 is 0 Å². The fourth-order valence-corrected chi connectivity index (χ4v) is 1.91. The number of hydrogen-bond donors (Lipinski definition) is 1. The number of aromatic carboxylic acids is 1. The molecule has 9 heteroatoms. The van der Waals surface area contributed by atoms with Crippen LogP contribution in [0.15, 0.2) is 16.5 Å². The van der Waals surface area contributed by atoms with E-state index in [0.29, 0.717) is 17.9 Å². The summed E-state index contributed by atoms with van der Waals surface area (Å²) in [6.45, 7) is 3.98. The second-order valence-corrected chi connectivity index (χ2v) is 4.94. The predicted molar refractivity (Wildman–Crippen MR) is 70.0 cm³/mol. The Balaban J connectivity index is 2.30. The number of nitrogens with zero attached hydrogens (tertiary/aromatic N) is 4. The Kier molecular flexibility index (Phi) is 4.01. The van der Waals surface area contributed by atoms with Gasteiger partial charge in [-0.25, -0.2) is 9.48 Å². The molecule has 0 aromatic carbocycles. The Bertz CT molecular complexity index is 673. The molecule has 0 aliphatic rings. The van der Waals surface area contributed by atoms with Gasteiger partial charge in [0, 0.05) is 0 Å². The third-order valence-corrected chi connectivity index (χ3v) is 2.77. The van der Waals surface area contributed by atoms with Gasteiger partial charge < -0.3 is 9.52 Å². The summed E-state index contributed by atoms with van der Waals surface area (Å²) in [6.07, 6.45) is 0.484. The van der Waals surface area contributed by atoms with Crippen molar-refractivity contribution in [3.63, 3.8) is 0 Å². The summed E-state index contributed by atoms with van der Waals surface area (Å²) >= 11 is 0. The molecule has 0 aliphatic heterocycles. The number of carbonyl (C=O) groups is 1. The van der Waals surface area contributed by atoms with E-state index in [1.54, 1.807) is 0 Å². The summed E-state index contributed by atoms with van der Waals surface area (Å²) < 4.78 is 6.44. The molecule has 2 rings (SSSR count). The van der Waals surface area contributed by atoms with Gasteiger partial charge in [-0.05, 0) is 18.4 Å². The molecule has 0 fully saturated rings. The van der Waals surface area contributed by atoms with E-state index >= 15 is 0 Å². The van der Waals surface area contributed by atoms with Crippen molar-refractivity contribution in [2.45, 2.75) is 26.8 Å². The van der Waals surface area contributed by atoms with E-state index in [1.807, 2.05) is 13.8 Å². The fourth-order valence-electron chi connectivity index (χ4n) is 1.91. The van der Waals surface area contributed by atoms with E-state index in [2.05, 4.69) is 10.3 Å². The quantitative estimate of drug-likeness (QED) is 0.635. The number of carboxylic acid groups (broad SMARTS) is 1. The van der Waals surface area contributed by atoms with Crippen LogP contribution in [-0.2, 0) is 13.0 Å². The maximum Gasteiger partial charge on any atom is 0.433 e. The van der Waals surface area contributed by atoms with Gasteiger partial charge in [0.25, 0.3) is 0 Å². The molecule has 2 aromatic heterocycles. The molecule has 0 atom stereocenters. The normalized spacial score (nSPS) is 11.0. The van der Waals surface area contributed by atoms with Gasteiger partial charge in [0.2, 0.25) is 0 Å². The summed E-state index contributed by atoms with van der Waals surface area (Å²) in [5.41, 5.74) is 0.362. The van der Waals surface area contributed by atoms with Crippen molar-refractivity contribution < 1.29 is 19.2 Å². The molecule has 9 nitrogen and oxygen atoms in total. The lowest BCUT2D eigenvalue weighted by molar-refractivity contribution is -0.402. The number of aromatic nitrogens is 3. The summed E-state index contributed by atoms with van der Waals surface area (Å²) in [5.74, 6) is -0.990. The molecule has 0 saturated heterocycles. The van der Waals surface area contributed by atoms with Crippen LogP contribution in [0.1, 0.15) is 35.8 Å². The number of furan rings is 1. The molecule has 2 heterocycles. The van der Waals surface area contributed by atoms with Crippen LogP contribution < -0.4 is 0 Å². The van der Waals surface area contributed by atoms with Crippen LogP contribution in [0, 0.1) is 16.0 Å². The van der Waals surface area contributed by atoms with Crippen molar-refractivity contribution in [2.24, 2.45) is 5.92 Å². The van der Waals surface area contributed by atoms with Gasteiger partial charge in [-0.2, -0.15) is 0 Å². The summed E-state index contributed by atoms with van der Waals surface area (Å²) in [5, 5.41) is 27.1. The van der Waals surface area contributed by atoms with E-state index in [-0.39, 0.29) is 24.0 Å². The minimum absolute atomic E-state index is 0.0934. The topological polar surface area (TPSA) is 124 Å². The van der Waals surface area contributed by atoms with Crippen LogP contribution in [0.5, 0.6) is 0 Å². The number of rotatable bonds is 6. The molecule has 0 amide bonds. The largest absolute Gasteiger partial charge is 0.476 e. The highest BCUT2D eigenvalue weighted by atomic mass is 16.6. The van der Waals surface area contributed by atoms with E-state index in [9.17, 15) is 14.9 Å². The lowest BCUT2D eigenvalue weighted by Gasteiger charge is -2.07. The first-order valence-electron chi connectivity index (χ1n) is 6.27. The molecule has 0 unspecified atom stereocenters. The van der Waals surface area contributed by atoms with Gasteiger partial charge in [0.15, 0.2) is 5.69 Å². The third-order valence-electron chi connectivity index (χ3n) is 2.77. The molecule has 0 radical (unpaired) electrons. The molecule has 1 N–H and O–H groups in total. The molecular formula is C12H14N4O5. The Morgan fingerprint density at radius 3 is 2.76 bits per heavy atom. The maximum atomic E-state index is 11.1. The molecule has 0 bridgehead atoms. The summed E-state index contributed by atoms with van der Waals surface area (Å²) in [7, 11) is 0. The van der Waals surface area contributed by atoms with Gasteiger partial charge in [-0.15, -0.1) is 5.10 Å². The monoisotopic (exact) mass is 294 g/mol. The van der Waals surface area contributed by atoms with Crippen LogP contribution in [-0.4, -0.2) is 31.0 Å². The molecule has 0 saturated carbocycles. The average Bonchev–Trinajstić information content (AvgIpc) is 2.97. The van der Waals surface area contributed by atoms with Gasteiger partial charge in [-0.1, -0.05) is 19.1 Å². The summed E-state index contributed by atoms with van der Waals surface area (Å²) in [6, 6.07) is 2.70. The van der Waals surface area contributed by atoms with Gasteiger partial charge >= 0.3 is 11.9 Å². The highest BCUT2D eigenvalue weighted by molar-refractivity contribution is 5.86. The van der Waals surface area contributed by atoms with Crippen LogP contribution in [0.25, 0.3) is 0 Å². The number of nitro groups is 1. The molecule has 2 aromatic rings. The smallest absolute Gasteiger partial charge is 0.433 e.